The highest BCUT2D eigenvalue weighted by Crippen LogP contribution is 2.55. The molecule has 1 heterocycles. The summed E-state index contributed by atoms with van der Waals surface area (Å²) in [5, 5.41) is 59.1. The fraction of sp³-hybridized carbons (Fsp3) is 0.241. The first-order chi connectivity index (χ1) is 19.5. The SMILES string of the molecule is C[C@H]1c2ccc(Nc3ncc(-c4ccccc4)s3)c(O)c2C(=O)C2=C(O)[C@]3(O)C(=O)C(C(N)=O)=C(O)C[C@@H]3[C@@H](O)[C@@H]21. The van der Waals surface area contributed by atoms with E-state index in [0.717, 1.165) is 10.4 Å². The molecule has 0 saturated heterocycles. The predicted molar refractivity (Wildman–Crippen MR) is 148 cm³/mol. The van der Waals surface area contributed by atoms with Crippen LogP contribution in [-0.4, -0.2) is 59.7 Å². The van der Waals surface area contributed by atoms with Crippen molar-refractivity contribution in [1.29, 1.82) is 0 Å². The van der Waals surface area contributed by atoms with Gasteiger partial charge in [0.2, 0.25) is 5.78 Å². The van der Waals surface area contributed by atoms with Gasteiger partial charge in [0, 0.05) is 30.0 Å². The first-order valence-corrected chi connectivity index (χ1v) is 13.6. The Morgan fingerprint density at radius 1 is 1.12 bits per heavy atom. The third kappa shape index (κ3) is 3.71. The number of rotatable bonds is 4. The minimum absolute atomic E-state index is 0.155. The summed E-state index contributed by atoms with van der Waals surface area (Å²) in [5.41, 5.74) is 2.30. The minimum Gasteiger partial charge on any atom is -0.511 e. The van der Waals surface area contributed by atoms with Gasteiger partial charge in [-0.05, 0) is 23.1 Å². The molecule has 0 radical (unpaired) electrons. The molecule has 3 aliphatic rings. The lowest BCUT2D eigenvalue weighted by Gasteiger charge is -2.50. The topological polar surface area (TPSA) is 203 Å². The van der Waals surface area contributed by atoms with Gasteiger partial charge in [-0.3, -0.25) is 14.4 Å². The van der Waals surface area contributed by atoms with Gasteiger partial charge < -0.3 is 36.6 Å². The number of aromatic hydroxyl groups is 1. The number of nitrogens with one attached hydrogen (secondary N) is 1. The molecular formula is C29H25N3O8S. The Balaban J connectivity index is 1.43. The number of ketones is 2. The summed E-state index contributed by atoms with van der Waals surface area (Å²) in [4.78, 5) is 44.1. The molecule has 3 aliphatic carbocycles. The Kier molecular flexibility index (Phi) is 6.03. The molecule has 41 heavy (non-hydrogen) atoms. The van der Waals surface area contributed by atoms with Gasteiger partial charge in [0.15, 0.2) is 22.3 Å². The number of aliphatic hydroxyl groups excluding tert-OH is 3. The number of fused-ring (bicyclic) bond motifs is 3. The molecule has 2 aromatic carbocycles. The number of nitrogens with zero attached hydrogens (tertiary/aromatic N) is 1. The van der Waals surface area contributed by atoms with E-state index in [-0.39, 0.29) is 11.3 Å². The fourth-order valence-electron chi connectivity index (χ4n) is 6.28. The molecule has 12 heteroatoms. The summed E-state index contributed by atoms with van der Waals surface area (Å²) in [6.07, 6.45) is -0.437. The number of anilines is 2. The fourth-order valence-corrected chi connectivity index (χ4v) is 7.11. The molecule has 3 aromatic rings. The summed E-state index contributed by atoms with van der Waals surface area (Å²) in [6, 6.07) is 12.7. The quantitative estimate of drug-likeness (QED) is 0.179. The molecular weight excluding hydrogens is 550 g/mol. The Morgan fingerprint density at radius 2 is 1.83 bits per heavy atom. The summed E-state index contributed by atoms with van der Waals surface area (Å²) < 4.78 is 0. The lowest BCUT2D eigenvalue weighted by Crippen LogP contribution is -2.62. The predicted octanol–water partition coefficient (Wildman–Crippen LogP) is 2.98. The van der Waals surface area contributed by atoms with Gasteiger partial charge in [0.25, 0.3) is 5.91 Å². The number of phenols is 1. The van der Waals surface area contributed by atoms with Crippen molar-refractivity contribution in [1.82, 2.24) is 4.98 Å². The van der Waals surface area contributed by atoms with Gasteiger partial charge >= 0.3 is 0 Å². The summed E-state index contributed by atoms with van der Waals surface area (Å²) in [6.45, 7) is 1.67. The molecule has 8 N–H and O–H groups in total. The van der Waals surface area contributed by atoms with Crippen LogP contribution in [0, 0.1) is 11.8 Å². The average molecular weight is 576 g/mol. The van der Waals surface area contributed by atoms with E-state index >= 15 is 0 Å². The second kappa shape index (κ2) is 9.26. The molecule has 1 aromatic heterocycles. The molecule has 11 nitrogen and oxygen atoms in total. The number of carbonyl (C=O) groups excluding carboxylic acids is 3. The van der Waals surface area contributed by atoms with Gasteiger partial charge in [0.05, 0.1) is 22.2 Å². The third-order valence-electron chi connectivity index (χ3n) is 8.30. The van der Waals surface area contributed by atoms with Crippen LogP contribution in [-0.2, 0) is 9.59 Å². The zero-order valence-electron chi connectivity index (χ0n) is 21.5. The van der Waals surface area contributed by atoms with Gasteiger partial charge in [-0.2, -0.15) is 0 Å². The molecule has 0 fully saturated rings. The van der Waals surface area contributed by atoms with Crippen molar-refractivity contribution >= 4 is 39.6 Å². The van der Waals surface area contributed by atoms with Crippen LogP contribution in [0.3, 0.4) is 0 Å². The van der Waals surface area contributed by atoms with E-state index in [1.807, 2.05) is 30.3 Å². The van der Waals surface area contributed by atoms with Crippen molar-refractivity contribution in [3.05, 3.63) is 82.5 Å². The monoisotopic (exact) mass is 575 g/mol. The zero-order chi connectivity index (χ0) is 29.4. The molecule has 0 bridgehead atoms. The number of aliphatic hydroxyl groups is 4. The van der Waals surface area contributed by atoms with Crippen LogP contribution in [0.4, 0.5) is 10.8 Å². The summed E-state index contributed by atoms with van der Waals surface area (Å²) in [7, 11) is 0. The number of phenolic OH excluding ortho intramolecular Hbond substituents is 1. The molecule has 0 unspecified atom stereocenters. The number of hydrogen-bond donors (Lipinski definition) is 7. The molecule has 0 spiro atoms. The summed E-state index contributed by atoms with van der Waals surface area (Å²) in [5.74, 6) is -9.03. The number of Topliss-reactive ketones (excluding diaryl/α,β-unsaturated/α-hetero) is 2. The highest BCUT2D eigenvalue weighted by molar-refractivity contribution is 7.18. The Bertz CT molecular complexity index is 1710. The first kappa shape index (κ1) is 26.7. The molecule has 0 saturated carbocycles. The minimum atomic E-state index is -2.88. The van der Waals surface area contributed by atoms with Crippen LogP contribution < -0.4 is 11.1 Å². The molecule has 0 aliphatic heterocycles. The van der Waals surface area contributed by atoms with Gasteiger partial charge in [0.1, 0.15) is 17.1 Å². The van der Waals surface area contributed by atoms with Crippen molar-refractivity contribution in [2.24, 2.45) is 17.6 Å². The van der Waals surface area contributed by atoms with Crippen LogP contribution in [0.1, 0.15) is 35.2 Å². The van der Waals surface area contributed by atoms with Gasteiger partial charge in [-0.15, -0.1) is 0 Å². The zero-order valence-corrected chi connectivity index (χ0v) is 22.3. The maximum Gasteiger partial charge on any atom is 0.255 e. The van der Waals surface area contributed by atoms with Crippen LogP contribution in [0.2, 0.25) is 0 Å². The van der Waals surface area contributed by atoms with Gasteiger partial charge in [-0.1, -0.05) is 54.7 Å². The van der Waals surface area contributed by atoms with Crippen LogP contribution in [0.25, 0.3) is 10.4 Å². The van der Waals surface area contributed by atoms with E-state index < -0.39 is 81.8 Å². The third-order valence-corrected chi connectivity index (χ3v) is 9.27. The highest BCUT2D eigenvalue weighted by atomic mass is 32.1. The second-order valence-electron chi connectivity index (χ2n) is 10.4. The van der Waals surface area contributed by atoms with Crippen molar-refractivity contribution in [3.8, 4) is 16.2 Å². The maximum atomic E-state index is 13.9. The largest absolute Gasteiger partial charge is 0.511 e. The molecule has 5 atom stereocenters. The van der Waals surface area contributed by atoms with Crippen molar-refractivity contribution < 1.29 is 39.9 Å². The van der Waals surface area contributed by atoms with Crippen LogP contribution >= 0.6 is 11.3 Å². The number of aromatic nitrogens is 1. The van der Waals surface area contributed by atoms with E-state index in [0.29, 0.717) is 10.7 Å². The first-order valence-electron chi connectivity index (χ1n) is 12.8. The number of allylic oxidation sites excluding steroid dienone is 1. The second-order valence-corrected chi connectivity index (χ2v) is 11.5. The van der Waals surface area contributed by atoms with Gasteiger partial charge in [-0.25, -0.2) is 4.98 Å². The number of nitrogens with two attached hydrogens (primary N) is 1. The van der Waals surface area contributed by atoms with E-state index in [2.05, 4.69) is 10.3 Å². The van der Waals surface area contributed by atoms with E-state index in [1.165, 1.54) is 11.3 Å². The number of amides is 1. The van der Waals surface area contributed by atoms with Crippen molar-refractivity contribution in [3.63, 3.8) is 0 Å². The van der Waals surface area contributed by atoms with Crippen LogP contribution in [0.5, 0.6) is 5.75 Å². The van der Waals surface area contributed by atoms with Crippen molar-refractivity contribution in [2.75, 3.05) is 5.32 Å². The summed E-state index contributed by atoms with van der Waals surface area (Å²) >= 11 is 1.33. The maximum absolute atomic E-state index is 13.9. The van der Waals surface area contributed by atoms with E-state index in [9.17, 15) is 39.9 Å². The standard InChI is InChI=1S/C29H25N3O8S/c1-11-13-7-8-15(32-28-31-10-17(41-28)12-5-3-2-4-6-12)23(35)19(13)24(36)21-18(11)22(34)14-9-16(33)20(27(30)39)25(37)29(14,40)26(21)38/h2-8,10-11,14,18,22,33-35,38,40H,9H2,1H3,(H2,30,39)(H,31,32)/t11-,14+,18+,22+,29+/m0/s1. The Morgan fingerprint density at radius 3 is 2.51 bits per heavy atom. The molecule has 210 valence electrons. The molecule has 1 amide bonds. The van der Waals surface area contributed by atoms with Crippen LogP contribution in [0.15, 0.2) is 71.3 Å². The highest BCUT2D eigenvalue weighted by Gasteiger charge is 2.64. The number of benzene rings is 2. The van der Waals surface area contributed by atoms with Crippen molar-refractivity contribution in [2.45, 2.75) is 31.0 Å². The smallest absolute Gasteiger partial charge is 0.255 e. The Hall–Kier alpha value is -4.52. The number of primary amides is 1. The number of carbonyl (C=O) groups is 3. The normalized spacial score (nSPS) is 27.3. The van der Waals surface area contributed by atoms with E-state index in [4.69, 9.17) is 5.73 Å². The lowest BCUT2D eigenvalue weighted by atomic mass is 9.56. The number of thiazole rings is 1. The van der Waals surface area contributed by atoms with E-state index in [1.54, 1.807) is 25.3 Å². The number of hydrogen-bond acceptors (Lipinski definition) is 11. The Labute approximate surface area is 236 Å². The average Bonchev–Trinajstić information content (AvgIpc) is 3.41. The lowest BCUT2D eigenvalue weighted by molar-refractivity contribution is -0.154. The molecule has 6 rings (SSSR count).